The fraction of sp³-hybridized carbons (Fsp3) is 0.933. The van der Waals surface area contributed by atoms with E-state index >= 15 is 0 Å². The fourth-order valence-electron chi connectivity index (χ4n) is 2.07. The lowest BCUT2D eigenvalue weighted by Gasteiger charge is -2.04. The van der Waals surface area contributed by atoms with E-state index < -0.39 is 0 Å². The second-order valence-electron chi connectivity index (χ2n) is 5.07. The molecule has 0 aromatic carbocycles. The molecule has 0 rings (SSSR count). The zero-order valence-electron chi connectivity index (χ0n) is 12.2. The molecule has 0 saturated heterocycles. The molecular weight excluding hydrogens is 224 g/mol. The zero-order chi connectivity index (χ0) is 13.5. The maximum absolute atomic E-state index is 11.3. The number of hydrogen-bond donors (Lipinski definition) is 2. The number of rotatable bonds is 13. The van der Waals surface area contributed by atoms with Gasteiger partial charge < -0.3 is 11.1 Å². The standard InChI is InChI=1S/C15H32N2O/c1-2-3-4-5-6-7-8-9-10-11-12-15(18)17-14-13-16/h2-14,16H2,1H3,(H,17,18). The SMILES string of the molecule is CCCCCCCCCCCCC(=O)NCCN. The Labute approximate surface area is 113 Å². The normalized spacial score (nSPS) is 10.6. The molecule has 0 fully saturated rings. The van der Waals surface area contributed by atoms with Gasteiger partial charge in [-0.15, -0.1) is 0 Å². The molecule has 0 aliphatic heterocycles. The molecule has 0 spiro atoms. The minimum atomic E-state index is 0.153. The van der Waals surface area contributed by atoms with Crippen molar-refractivity contribution in [2.24, 2.45) is 5.73 Å². The second-order valence-corrected chi connectivity index (χ2v) is 5.07. The average molecular weight is 256 g/mol. The van der Waals surface area contributed by atoms with Crippen molar-refractivity contribution in [3.63, 3.8) is 0 Å². The lowest BCUT2D eigenvalue weighted by molar-refractivity contribution is -0.121. The lowest BCUT2D eigenvalue weighted by atomic mass is 10.1. The Hall–Kier alpha value is -0.570. The molecule has 108 valence electrons. The summed E-state index contributed by atoms with van der Waals surface area (Å²) in [5.41, 5.74) is 5.32. The number of unbranched alkanes of at least 4 members (excludes halogenated alkanes) is 9. The molecule has 0 bridgehead atoms. The maximum atomic E-state index is 11.3. The summed E-state index contributed by atoms with van der Waals surface area (Å²) in [7, 11) is 0. The summed E-state index contributed by atoms with van der Waals surface area (Å²) in [6.07, 6.45) is 13.7. The Kier molecular flexibility index (Phi) is 14.0. The smallest absolute Gasteiger partial charge is 0.220 e. The van der Waals surface area contributed by atoms with Crippen LogP contribution in [0, 0.1) is 0 Å². The number of carbonyl (C=O) groups is 1. The van der Waals surface area contributed by atoms with Crippen molar-refractivity contribution >= 4 is 5.91 Å². The monoisotopic (exact) mass is 256 g/mol. The Balaban J connectivity index is 3.04. The van der Waals surface area contributed by atoms with Crippen molar-refractivity contribution in [1.29, 1.82) is 0 Å². The van der Waals surface area contributed by atoms with E-state index in [1.807, 2.05) is 0 Å². The summed E-state index contributed by atoms with van der Waals surface area (Å²) in [4.78, 5) is 11.3. The van der Waals surface area contributed by atoms with Gasteiger partial charge >= 0.3 is 0 Å². The number of nitrogens with two attached hydrogens (primary N) is 1. The maximum Gasteiger partial charge on any atom is 0.220 e. The van der Waals surface area contributed by atoms with Crippen LogP contribution in [0.15, 0.2) is 0 Å². The van der Waals surface area contributed by atoms with Crippen molar-refractivity contribution in [2.75, 3.05) is 13.1 Å². The molecule has 0 aromatic rings. The van der Waals surface area contributed by atoms with Gasteiger partial charge in [0, 0.05) is 19.5 Å². The van der Waals surface area contributed by atoms with Gasteiger partial charge in [0.2, 0.25) is 5.91 Å². The molecule has 18 heavy (non-hydrogen) atoms. The van der Waals surface area contributed by atoms with Crippen LogP contribution < -0.4 is 11.1 Å². The van der Waals surface area contributed by atoms with Crippen molar-refractivity contribution < 1.29 is 4.79 Å². The van der Waals surface area contributed by atoms with Gasteiger partial charge in [-0.3, -0.25) is 4.79 Å². The predicted octanol–water partition coefficient (Wildman–Crippen LogP) is 3.37. The Morgan fingerprint density at radius 3 is 1.89 bits per heavy atom. The third kappa shape index (κ3) is 13.5. The molecule has 0 aliphatic rings. The van der Waals surface area contributed by atoms with Crippen LogP contribution in [0.2, 0.25) is 0 Å². The zero-order valence-corrected chi connectivity index (χ0v) is 12.2. The summed E-state index contributed by atoms with van der Waals surface area (Å²) in [5, 5.41) is 2.80. The van der Waals surface area contributed by atoms with Crippen molar-refractivity contribution in [2.45, 2.75) is 77.6 Å². The molecule has 0 unspecified atom stereocenters. The first-order valence-corrected chi connectivity index (χ1v) is 7.78. The number of nitrogens with one attached hydrogen (secondary N) is 1. The summed E-state index contributed by atoms with van der Waals surface area (Å²) in [6.45, 7) is 3.39. The van der Waals surface area contributed by atoms with Crippen LogP contribution in [0.5, 0.6) is 0 Å². The fourth-order valence-corrected chi connectivity index (χ4v) is 2.07. The lowest BCUT2D eigenvalue weighted by Crippen LogP contribution is -2.28. The van der Waals surface area contributed by atoms with E-state index in [1.165, 1.54) is 57.8 Å². The summed E-state index contributed by atoms with van der Waals surface area (Å²) < 4.78 is 0. The van der Waals surface area contributed by atoms with Gasteiger partial charge in [0.05, 0.1) is 0 Å². The minimum absolute atomic E-state index is 0.153. The van der Waals surface area contributed by atoms with E-state index in [-0.39, 0.29) is 5.91 Å². The third-order valence-corrected chi connectivity index (χ3v) is 3.22. The van der Waals surface area contributed by atoms with E-state index in [4.69, 9.17) is 5.73 Å². The van der Waals surface area contributed by atoms with Crippen LogP contribution in [0.1, 0.15) is 77.6 Å². The van der Waals surface area contributed by atoms with Gasteiger partial charge in [-0.05, 0) is 6.42 Å². The predicted molar refractivity (Wildman–Crippen MR) is 78.5 cm³/mol. The summed E-state index contributed by atoms with van der Waals surface area (Å²) >= 11 is 0. The first-order valence-electron chi connectivity index (χ1n) is 7.78. The molecule has 0 radical (unpaired) electrons. The molecule has 1 amide bonds. The van der Waals surface area contributed by atoms with Gasteiger partial charge in [-0.2, -0.15) is 0 Å². The second kappa shape index (κ2) is 14.5. The quantitative estimate of drug-likeness (QED) is 0.496. The van der Waals surface area contributed by atoms with Crippen LogP contribution in [0.3, 0.4) is 0 Å². The molecule has 3 N–H and O–H groups in total. The van der Waals surface area contributed by atoms with Gasteiger partial charge in [0.15, 0.2) is 0 Å². The van der Waals surface area contributed by atoms with Crippen molar-refractivity contribution in [3.05, 3.63) is 0 Å². The van der Waals surface area contributed by atoms with E-state index in [0.717, 1.165) is 6.42 Å². The number of amides is 1. The molecule has 0 aliphatic carbocycles. The van der Waals surface area contributed by atoms with Crippen molar-refractivity contribution in [3.8, 4) is 0 Å². The third-order valence-electron chi connectivity index (χ3n) is 3.22. The molecule has 3 nitrogen and oxygen atoms in total. The van der Waals surface area contributed by atoms with Gasteiger partial charge in [0.1, 0.15) is 0 Å². The highest BCUT2D eigenvalue weighted by atomic mass is 16.1. The van der Waals surface area contributed by atoms with Crippen molar-refractivity contribution in [1.82, 2.24) is 5.32 Å². The van der Waals surface area contributed by atoms with E-state index in [1.54, 1.807) is 0 Å². The van der Waals surface area contributed by atoms with Crippen LogP contribution in [0.25, 0.3) is 0 Å². The molecule has 3 heteroatoms. The number of carbonyl (C=O) groups excluding carboxylic acids is 1. The van der Waals surface area contributed by atoms with E-state index in [0.29, 0.717) is 19.5 Å². The molecule has 0 atom stereocenters. The summed E-state index contributed by atoms with van der Waals surface area (Å²) in [5.74, 6) is 0.153. The van der Waals surface area contributed by atoms with Crippen LogP contribution in [-0.4, -0.2) is 19.0 Å². The molecule has 0 heterocycles. The van der Waals surface area contributed by atoms with E-state index in [2.05, 4.69) is 12.2 Å². The van der Waals surface area contributed by atoms with Gasteiger partial charge in [0.25, 0.3) is 0 Å². The number of hydrogen-bond acceptors (Lipinski definition) is 2. The van der Waals surface area contributed by atoms with Gasteiger partial charge in [-0.25, -0.2) is 0 Å². The van der Waals surface area contributed by atoms with Gasteiger partial charge in [-0.1, -0.05) is 64.7 Å². The molecule has 0 aromatic heterocycles. The highest BCUT2D eigenvalue weighted by Crippen LogP contribution is 2.11. The largest absolute Gasteiger partial charge is 0.355 e. The topological polar surface area (TPSA) is 55.1 Å². The Morgan fingerprint density at radius 2 is 1.39 bits per heavy atom. The Morgan fingerprint density at radius 1 is 0.889 bits per heavy atom. The van der Waals surface area contributed by atoms with Crippen LogP contribution >= 0.6 is 0 Å². The highest BCUT2D eigenvalue weighted by molar-refractivity contribution is 5.75. The average Bonchev–Trinajstić information content (AvgIpc) is 2.38. The first-order chi connectivity index (χ1) is 8.81. The molecule has 0 saturated carbocycles. The molecular formula is C15H32N2O. The van der Waals surface area contributed by atoms with Crippen LogP contribution in [0.4, 0.5) is 0 Å². The highest BCUT2D eigenvalue weighted by Gasteiger charge is 1.99. The minimum Gasteiger partial charge on any atom is -0.355 e. The first kappa shape index (κ1) is 17.4. The Bertz CT molecular complexity index is 183. The summed E-state index contributed by atoms with van der Waals surface area (Å²) in [6, 6.07) is 0. The van der Waals surface area contributed by atoms with E-state index in [9.17, 15) is 4.79 Å². The van der Waals surface area contributed by atoms with Crippen LogP contribution in [-0.2, 0) is 4.79 Å².